The van der Waals surface area contributed by atoms with Crippen LogP contribution in [0.5, 0.6) is 0 Å². The van der Waals surface area contributed by atoms with Gasteiger partial charge in [-0.25, -0.2) is 0 Å². The zero-order chi connectivity index (χ0) is 14.7. The van der Waals surface area contributed by atoms with Crippen LogP contribution in [0.25, 0.3) is 10.9 Å². The van der Waals surface area contributed by atoms with Crippen molar-refractivity contribution >= 4 is 16.8 Å². The standard InChI is InChI=1S/C15H19N3O2/c1-4-5-8-16-15(20)13-14(19)11-9-10(2)6-7-12(11)18(3)17-13/h6-7,9H,4-5,8H2,1-3H3,(H,16,20). The molecule has 1 heterocycles. The van der Waals surface area contributed by atoms with Gasteiger partial charge in [-0.1, -0.05) is 25.0 Å². The second-order valence-corrected chi connectivity index (χ2v) is 4.93. The average Bonchev–Trinajstić information content (AvgIpc) is 2.42. The Morgan fingerprint density at radius 3 is 2.85 bits per heavy atom. The van der Waals surface area contributed by atoms with Gasteiger partial charge in [0.1, 0.15) is 0 Å². The summed E-state index contributed by atoms with van der Waals surface area (Å²) in [7, 11) is 1.74. The maximum atomic E-state index is 12.4. The summed E-state index contributed by atoms with van der Waals surface area (Å²) in [5, 5.41) is 7.36. The van der Waals surface area contributed by atoms with Crippen molar-refractivity contribution in [1.29, 1.82) is 0 Å². The quantitative estimate of drug-likeness (QED) is 0.863. The molecule has 1 aromatic carbocycles. The highest BCUT2D eigenvalue weighted by Gasteiger charge is 2.15. The maximum Gasteiger partial charge on any atom is 0.275 e. The SMILES string of the molecule is CCCCNC(=O)c1nn(C)c2ccc(C)cc2c1=O. The number of benzene rings is 1. The van der Waals surface area contributed by atoms with Gasteiger partial charge >= 0.3 is 0 Å². The van der Waals surface area contributed by atoms with E-state index in [4.69, 9.17) is 0 Å². The van der Waals surface area contributed by atoms with E-state index in [-0.39, 0.29) is 11.1 Å². The van der Waals surface area contributed by atoms with Gasteiger partial charge in [-0.15, -0.1) is 0 Å². The van der Waals surface area contributed by atoms with Gasteiger partial charge in [0.2, 0.25) is 5.43 Å². The van der Waals surface area contributed by atoms with Crippen LogP contribution < -0.4 is 10.7 Å². The minimum absolute atomic E-state index is 0.0401. The van der Waals surface area contributed by atoms with Gasteiger partial charge in [0, 0.05) is 13.6 Å². The third-order valence-corrected chi connectivity index (χ3v) is 3.24. The first-order valence-corrected chi connectivity index (χ1v) is 6.80. The lowest BCUT2D eigenvalue weighted by Gasteiger charge is -2.08. The molecular weight excluding hydrogens is 254 g/mol. The minimum atomic E-state index is -0.401. The molecule has 0 aliphatic heterocycles. The fraction of sp³-hybridized carbons (Fsp3) is 0.400. The lowest BCUT2D eigenvalue weighted by atomic mass is 10.1. The third kappa shape index (κ3) is 2.71. The molecule has 1 N–H and O–H groups in total. The van der Waals surface area contributed by atoms with E-state index in [1.54, 1.807) is 17.8 Å². The van der Waals surface area contributed by atoms with Crippen molar-refractivity contribution in [2.45, 2.75) is 26.7 Å². The van der Waals surface area contributed by atoms with Gasteiger partial charge in [-0.3, -0.25) is 14.3 Å². The molecule has 2 aromatic rings. The van der Waals surface area contributed by atoms with Crippen LogP contribution in [0.4, 0.5) is 0 Å². The van der Waals surface area contributed by atoms with Crippen molar-refractivity contribution in [3.63, 3.8) is 0 Å². The molecule has 0 spiro atoms. The Hall–Kier alpha value is -2.17. The lowest BCUT2D eigenvalue weighted by molar-refractivity contribution is 0.0945. The molecule has 0 unspecified atom stereocenters. The van der Waals surface area contributed by atoms with Crippen LogP contribution in [-0.4, -0.2) is 22.2 Å². The number of hydrogen-bond donors (Lipinski definition) is 1. The Balaban J connectivity index is 2.47. The molecular formula is C15H19N3O2. The Morgan fingerprint density at radius 1 is 1.40 bits per heavy atom. The van der Waals surface area contributed by atoms with Crippen LogP contribution in [0.2, 0.25) is 0 Å². The first-order valence-electron chi connectivity index (χ1n) is 6.80. The van der Waals surface area contributed by atoms with Crippen molar-refractivity contribution in [3.05, 3.63) is 39.7 Å². The Morgan fingerprint density at radius 2 is 2.15 bits per heavy atom. The highest BCUT2D eigenvalue weighted by atomic mass is 16.2. The van der Waals surface area contributed by atoms with Crippen LogP contribution in [0, 0.1) is 6.92 Å². The number of hydrogen-bond acceptors (Lipinski definition) is 3. The molecule has 0 saturated carbocycles. The largest absolute Gasteiger partial charge is 0.351 e. The Labute approximate surface area is 117 Å². The topological polar surface area (TPSA) is 64.0 Å². The summed E-state index contributed by atoms with van der Waals surface area (Å²) in [6, 6.07) is 5.56. The van der Waals surface area contributed by atoms with E-state index in [0.29, 0.717) is 11.9 Å². The summed E-state index contributed by atoms with van der Waals surface area (Å²) >= 11 is 0. The molecule has 1 aromatic heterocycles. The van der Waals surface area contributed by atoms with E-state index in [9.17, 15) is 9.59 Å². The number of nitrogens with one attached hydrogen (secondary N) is 1. The van der Waals surface area contributed by atoms with Crippen molar-refractivity contribution < 1.29 is 4.79 Å². The summed E-state index contributed by atoms with van der Waals surface area (Å²) in [5.74, 6) is -0.401. The van der Waals surface area contributed by atoms with Gasteiger partial charge in [-0.05, 0) is 25.5 Å². The predicted octanol–water partition coefficient (Wildman–Crippen LogP) is 1.77. The molecule has 0 bridgehead atoms. The molecule has 106 valence electrons. The van der Waals surface area contributed by atoms with Gasteiger partial charge in [0.15, 0.2) is 5.69 Å². The van der Waals surface area contributed by atoms with E-state index in [1.165, 1.54) is 0 Å². The first kappa shape index (κ1) is 14.2. The number of nitrogens with zero attached hydrogens (tertiary/aromatic N) is 2. The maximum absolute atomic E-state index is 12.4. The number of amides is 1. The van der Waals surface area contributed by atoms with Crippen molar-refractivity contribution in [1.82, 2.24) is 15.1 Å². The fourth-order valence-electron chi connectivity index (χ4n) is 2.10. The Bertz CT molecular complexity index is 704. The normalized spacial score (nSPS) is 10.8. The summed E-state index contributed by atoms with van der Waals surface area (Å²) < 4.78 is 1.57. The number of fused-ring (bicyclic) bond motifs is 1. The van der Waals surface area contributed by atoms with Crippen molar-refractivity contribution in [2.75, 3.05) is 6.54 Å². The predicted molar refractivity (Wildman–Crippen MR) is 79.0 cm³/mol. The fourth-order valence-corrected chi connectivity index (χ4v) is 2.10. The van der Waals surface area contributed by atoms with E-state index < -0.39 is 5.91 Å². The molecule has 0 radical (unpaired) electrons. The number of aromatic nitrogens is 2. The number of carbonyl (C=O) groups excluding carboxylic acids is 1. The third-order valence-electron chi connectivity index (χ3n) is 3.24. The van der Waals surface area contributed by atoms with Crippen molar-refractivity contribution in [2.24, 2.45) is 7.05 Å². The van der Waals surface area contributed by atoms with Gasteiger partial charge < -0.3 is 5.32 Å². The molecule has 5 nitrogen and oxygen atoms in total. The molecule has 0 atom stereocenters. The molecule has 5 heteroatoms. The summed E-state index contributed by atoms with van der Waals surface area (Å²) in [5.41, 5.74) is 1.36. The molecule has 2 rings (SSSR count). The number of unbranched alkanes of at least 4 members (excludes halogenated alkanes) is 1. The highest BCUT2D eigenvalue weighted by Crippen LogP contribution is 2.11. The monoisotopic (exact) mass is 273 g/mol. The van der Waals surface area contributed by atoms with Gasteiger partial charge in [0.25, 0.3) is 5.91 Å². The van der Waals surface area contributed by atoms with E-state index in [2.05, 4.69) is 10.4 Å². The smallest absolute Gasteiger partial charge is 0.275 e. The van der Waals surface area contributed by atoms with E-state index >= 15 is 0 Å². The lowest BCUT2D eigenvalue weighted by Crippen LogP contribution is -2.32. The second kappa shape index (κ2) is 5.86. The molecule has 0 fully saturated rings. The summed E-state index contributed by atoms with van der Waals surface area (Å²) in [6.45, 7) is 4.52. The molecule has 0 aliphatic carbocycles. The average molecular weight is 273 g/mol. The molecule has 1 amide bonds. The van der Waals surface area contributed by atoms with E-state index in [1.807, 2.05) is 26.0 Å². The summed E-state index contributed by atoms with van der Waals surface area (Å²) in [4.78, 5) is 24.4. The highest BCUT2D eigenvalue weighted by molar-refractivity contribution is 5.95. The van der Waals surface area contributed by atoms with Gasteiger partial charge in [0.05, 0.1) is 10.9 Å². The zero-order valence-corrected chi connectivity index (χ0v) is 12.1. The zero-order valence-electron chi connectivity index (χ0n) is 12.1. The van der Waals surface area contributed by atoms with Crippen LogP contribution in [0.3, 0.4) is 0 Å². The Kier molecular flexibility index (Phi) is 4.17. The van der Waals surface area contributed by atoms with E-state index in [0.717, 1.165) is 23.9 Å². The number of carbonyl (C=O) groups is 1. The molecule has 0 saturated heterocycles. The number of rotatable bonds is 4. The second-order valence-electron chi connectivity index (χ2n) is 4.93. The first-order chi connectivity index (χ1) is 9.54. The van der Waals surface area contributed by atoms with Crippen LogP contribution in [0.1, 0.15) is 35.8 Å². The van der Waals surface area contributed by atoms with Crippen LogP contribution in [0.15, 0.2) is 23.0 Å². The summed E-state index contributed by atoms with van der Waals surface area (Å²) in [6.07, 6.45) is 1.88. The minimum Gasteiger partial charge on any atom is -0.351 e. The van der Waals surface area contributed by atoms with Crippen LogP contribution in [-0.2, 0) is 7.05 Å². The van der Waals surface area contributed by atoms with Crippen LogP contribution >= 0.6 is 0 Å². The number of aryl methyl sites for hydroxylation is 2. The van der Waals surface area contributed by atoms with Gasteiger partial charge in [-0.2, -0.15) is 5.10 Å². The van der Waals surface area contributed by atoms with Crippen molar-refractivity contribution in [3.8, 4) is 0 Å². The molecule has 20 heavy (non-hydrogen) atoms. The molecule has 0 aliphatic rings.